The molecule has 3 nitrogen and oxygen atoms in total. The quantitative estimate of drug-likeness (QED) is 0.787. The molecule has 0 aliphatic carbocycles. The van der Waals surface area contributed by atoms with Crippen LogP contribution in [0.2, 0.25) is 0 Å². The van der Waals surface area contributed by atoms with Gasteiger partial charge in [-0.1, -0.05) is 59.8 Å². The molecule has 1 atom stereocenters. The molecule has 1 aromatic carbocycles. The molecule has 1 rings (SSSR count). The van der Waals surface area contributed by atoms with E-state index in [1.807, 2.05) is 37.3 Å². The molecule has 1 unspecified atom stereocenters. The molecule has 1 aromatic rings. The molecule has 98 valence electrons. The van der Waals surface area contributed by atoms with E-state index in [1.54, 1.807) is 0 Å². The largest absolute Gasteiger partial charge is 0.461 e. The topological polar surface area (TPSA) is 38.3 Å². The van der Waals surface area contributed by atoms with Gasteiger partial charge in [-0.3, -0.25) is 4.79 Å². The van der Waals surface area contributed by atoms with Gasteiger partial charge in [-0.15, -0.1) is 0 Å². The van der Waals surface area contributed by atoms with E-state index >= 15 is 0 Å². The molecule has 18 heavy (non-hydrogen) atoms. The second-order valence-corrected chi connectivity index (χ2v) is 5.26. The average molecular weight is 312 g/mol. The smallest absolute Gasteiger partial charge is 0.310 e. The van der Waals surface area contributed by atoms with Gasteiger partial charge in [-0.05, 0) is 5.56 Å². The zero-order chi connectivity index (χ0) is 13.4. The molecule has 0 aliphatic rings. The van der Waals surface area contributed by atoms with Gasteiger partial charge in [0.05, 0.1) is 5.92 Å². The van der Waals surface area contributed by atoms with Crippen LogP contribution in [-0.2, 0) is 16.1 Å². The van der Waals surface area contributed by atoms with Crippen molar-refractivity contribution in [2.24, 2.45) is 5.92 Å². The fourth-order valence-corrected chi connectivity index (χ4v) is 1.58. The molecule has 0 saturated carbocycles. The Kier molecular flexibility index (Phi) is 6.68. The second-order valence-electron chi connectivity index (χ2n) is 4.14. The van der Waals surface area contributed by atoms with E-state index < -0.39 is 0 Å². The highest BCUT2D eigenvalue weighted by Crippen LogP contribution is 2.05. The summed E-state index contributed by atoms with van der Waals surface area (Å²) in [7, 11) is 0. The monoisotopic (exact) mass is 311 g/mol. The normalized spacial score (nSPS) is 11.9. The lowest BCUT2D eigenvalue weighted by Crippen LogP contribution is -2.28. The van der Waals surface area contributed by atoms with Crippen LogP contribution in [0.25, 0.3) is 0 Å². The summed E-state index contributed by atoms with van der Waals surface area (Å²) in [4.78, 5) is 11.7. The molecular formula is C14H18BrNO2. The number of nitrogens with one attached hydrogen (secondary N) is 1. The molecule has 0 aromatic heterocycles. The van der Waals surface area contributed by atoms with E-state index in [1.165, 1.54) is 0 Å². The molecule has 0 amide bonds. The molecule has 0 radical (unpaired) electrons. The van der Waals surface area contributed by atoms with Gasteiger partial charge in [0.1, 0.15) is 6.61 Å². The van der Waals surface area contributed by atoms with Crippen molar-refractivity contribution in [1.82, 2.24) is 5.32 Å². The summed E-state index contributed by atoms with van der Waals surface area (Å²) in [6, 6.07) is 9.66. The van der Waals surface area contributed by atoms with Crippen molar-refractivity contribution in [1.29, 1.82) is 0 Å². The maximum atomic E-state index is 11.7. The third-order valence-corrected chi connectivity index (χ3v) is 2.67. The van der Waals surface area contributed by atoms with E-state index in [0.29, 0.717) is 19.7 Å². The number of halogens is 1. The van der Waals surface area contributed by atoms with E-state index in [-0.39, 0.29) is 11.9 Å². The lowest BCUT2D eigenvalue weighted by atomic mass is 10.2. The molecule has 4 heteroatoms. The number of rotatable bonds is 7. The Morgan fingerprint density at radius 3 is 2.72 bits per heavy atom. The van der Waals surface area contributed by atoms with E-state index in [0.717, 1.165) is 10.0 Å². The maximum Gasteiger partial charge on any atom is 0.310 e. The number of esters is 1. The summed E-state index contributed by atoms with van der Waals surface area (Å²) < 4.78 is 6.10. The van der Waals surface area contributed by atoms with Crippen LogP contribution in [0.3, 0.4) is 0 Å². The van der Waals surface area contributed by atoms with E-state index in [2.05, 4.69) is 27.8 Å². The van der Waals surface area contributed by atoms with Crippen LogP contribution >= 0.6 is 15.9 Å². The first kappa shape index (κ1) is 14.9. The van der Waals surface area contributed by atoms with Crippen molar-refractivity contribution in [3.63, 3.8) is 0 Å². The van der Waals surface area contributed by atoms with Crippen LogP contribution in [0.15, 0.2) is 41.4 Å². The molecule has 0 heterocycles. The van der Waals surface area contributed by atoms with Crippen LogP contribution in [0, 0.1) is 5.92 Å². The minimum Gasteiger partial charge on any atom is -0.461 e. The predicted octanol–water partition coefficient (Wildman–Crippen LogP) is 2.86. The highest BCUT2D eigenvalue weighted by Gasteiger charge is 2.13. The second kappa shape index (κ2) is 8.06. The summed E-state index contributed by atoms with van der Waals surface area (Å²) in [5, 5.41) is 3.12. The zero-order valence-corrected chi connectivity index (χ0v) is 12.1. The van der Waals surface area contributed by atoms with Crippen LogP contribution in [0.1, 0.15) is 12.5 Å². The van der Waals surface area contributed by atoms with Gasteiger partial charge in [-0.25, -0.2) is 0 Å². The van der Waals surface area contributed by atoms with Crippen molar-refractivity contribution >= 4 is 21.9 Å². The molecule has 0 saturated heterocycles. The van der Waals surface area contributed by atoms with Crippen LogP contribution < -0.4 is 5.32 Å². The SMILES string of the molecule is C=C(Br)CNCC(C)C(=O)OCc1ccccc1. The van der Waals surface area contributed by atoms with Gasteiger partial charge >= 0.3 is 5.97 Å². The first-order chi connectivity index (χ1) is 8.59. The third-order valence-electron chi connectivity index (χ3n) is 2.39. The van der Waals surface area contributed by atoms with E-state index in [9.17, 15) is 4.79 Å². The molecule has 1 N–H and O–H groups in total. The van der Waals surface area contributed by atoms with Gasteiger partial charge < -0.3 is 10.1 Å². The van der Waals surface area contributed by atoms with Gasteiger partial charge in [-0.2, -0.15) is 0 Å². The summed E-state index contributed by atoms with van der Waals surface area (Å²) in [6.07, 6.45) is 0. The van der Waals surface area contributed by atoms with Crippen LogP contribution in [0.5, 0.6) is 0 Å². The van der Waals surface area contributed by atoms with Crippen LogP contribution in [0.4, 0.5) is 0 Å². The number of hydrogen-bond acceptors (Lipinski definition) is 3. The maximum absolute atomic E-state index is 11.7. The zero-order valence-electron chi connectivity index (χ0n) is 10.5. The van der Waals surface area contributed by atoms with Gasteiger partial charge in [0.25, 0.3) is 0 Å². The third kappa shape index (κ3) is 5.98. The summed E-state index contributed by atoms with van der Waals surface area (Å²) in [5.41, 5.74) is 1.000. The number of ether oxygens (including phenoxy) is 1. The summed E-state index contributed by atoms with van der Waals surface area (Å²) in [5.74, 6) is -0.355. The minimum absolute atomic E-state index is 0.166. The molecule has 0 bridgehead atoms. The van der Waals surface area contributed by atoms with Gasteiger partial charge in [0, 0.05) is 17.6 Å². The minimum atomic E-state index is -0.188. The number of carbonyl (C=O) groups excluding carboxylic acids is 1. The Morgan fingerprint density at radius 2 is 2.11 bits per heavy atom. The van der Waals surface area contributed by atoms with Crippen LogP contribution in [-0.4, -0.2) is 19.1 Å². The first-order valence-electron chi connectivity index (χ1n) is 5.84. The van der Waals surface area contributed by atoms with Crippen molar-refractivity contribution < 1.29 is 9.53 Å². The lowest BCUT2D eigenvalue weighted by molar-refractivity contribution is -0.149. The Hall–Kier alpha value is -1.13. The van der Waals surface area contributed by atoms with Crippen molar-refractivity contribution in [3.8, 4) is 0 Å². The molecule has 0 spiro atoms. The Balaban J connectivity index is 2.25. The number of hydrogen-bond donors (Lipinski definition) is 1. The Morgan fingerprint density at radius 1 is 1.44 bits per heavy atom. The predicted molar refractivity (Wildman–Crippen MR) is 76.3 cm³/mol. The van der Waals surface area contributed by atoms with E-state index in [4.69, 9.17) is 4.74 Å². The van der Waals surface area contributed by atoms with Crippen molar-refractivity contribution in [2.45, 2.75) is 13.5 Å². The molecule has 0 aliphatic heterocycles. The van der Waals surface area contributed by atoms with Gasteiger partial charge in [0.15, 0.2) is 0 Å². The Bertz CT molecular complexity index is 392. The highest BCUT2D eigenvalue weighted by molar-refractivity contribution is 9.11. The standard InChI is InChI=1S/C14H18BrNO2/c1-11(8-16-9-12(2)15)14(17)18-10-13-6-4-3-5-7-13/h3-7,11,16H,2,8-10H2,1H3. The fourth-order valence-electron chi connectivity index (χ4n) is 1.38. The summed E-state index contributed by atoms with van der Waals surface area (Å²) >= 11 is 3.25. The Labute approximate surface area is 116 Å². The number of carbonyl (C=O) groups is 1. The molecule has 0 fully saturated rings. The fraction of sp³-hybridized carbons (Fsp3) is 0.357. The lowest BCUT2D eigenvalue weighted by Gasteiger charge is -2.12. The van der Waals surface area contributed by atoms with Gasteiger partial charge in [0.2, 0.25) is 0 Å². The highest BCUT2D eigenvalue weighted by atomic mass is 79.9. The average Bonchev–Trinajstić information content (AvgIpc) is 2.36. The summed E-state index contributed by atoms with van der Waals surface area (Å²) in [6.45, 7) is 7.11. The number of benzene rings is 1. The van der Waals surface area contributed by atoms with Crippen molar-refractivity contribution in [3.05, 3.63) is 47.0 Å². The van der Waals surface area contributed by atoms with Crippen molar-refractivity contribution in [2.75, 3.05) is 13.1 Å². The first-order valence-corrected chi connectivity index (χ1v) is 6.63. The molecular weight excluding hydrogens is 294 g/mol.